The topological polar surface area (TPSA) is 64.7 Å². The number of piperazine rings is 1. The molecule has 2 N–H and O–H groups in total. The lowest BCUT2D eigenvalue weighted by atomic mass is 10.1. The smallest absolute Gasteiger partial charge is 0.258 e. The monoisotopic (exact) mass is 556 g/mol. The first kappa shape index (κ1) is 24.2. The SMILES string of the molecule is O=C(NC(=S)Nc1ccccc1N1CCN(C(=O)c2ccc(Cl)cc2)CC1)c1ccccc1Br. The Hall–Kier alpha value is -2.94. The fourth-order valence-corrected chi connectivity index (χ4v) is 4.54. The molecule has 3 aromatic rings. The molecule has 9 heteroatoms. The predicted molar refractivity (Wildman–Crippen MR) is 144 cm³/mol. The number of nitrogens with zero attached hydrogens (tertiary/aromatic N) is 2. The Morgan fingerprint density at radius 3 is 2.24 bits per heavy atom. The lowest BCUT2D eigenvalue weighted by molar-refractivity contribution is 0.0746. The van der Waals surface area contributed by atoms with Crippen LogP contribution in [0.3, 0.4) is 0 Å². The summed E-state index contributed by atoms with van der Waals surface area (Å²) in [5.41, 5.74) is 2.88. The third kappa shape index (κ3) is 5.75. The number of benzene rings is 3. The molecular formula is C25H22BrClN4O2S. The minimum absolute atomic E-state index is 0.00121. The summed E-state index contributed by atoms with van der Waals surface area (Å²) in [7, 11) is 0. The van der Waals surface area contributed by atoms with Gasteiger partial charge in [-0.25, -0.2) is 0 Å². The second-order valence-corrected chi connectivity index (χ2v) is 9.39. The summed E-state index contributed by atoms with van der Waals surface area (Å²) in [4.78, 5) is 29.4. The molecule has 1 aliphatic rings. The van der Waals surface area contributed by atoms with Crippen molar-refractivity contribution in [3.63, 3.8) is 0 Å². The molecule has 0 aliphatic carbocycles. The van der Waals surface area contributed by atoms with E-state index in [0.29, 0.717) is 46.8 Å². The summed E-state index contributed by atoms with van der Waals surface area (Å²) < 4.78 is 0.696. The molecule has 3 aromatic carbocycles. The van der Waals surface area contributed by atoms with Crippen LogP contribution in [0.2, 0.25) is 5.02 Å². The van der Waals surface area contributed by atoms with E-state index >= 15 is 0 Å². The van der Waals surface area contributed by atoms with Crippen molar-refractivity contribution < 1.29 is 9.59 Å². The number of hydrogen-bond donors (Lipinski definition) is 2. The molecule has 6 nitrogen and oxygen atoms in total. The number of amides is 2. The van der Waals surface area contributed by atoms with E-state index in [1.807, 2.05) is 35.2 Å². The van der Waals surface area contributed by atoms with E-state index in [0.717, 1.165) is 11.4 Å². The van der Waals surface area contributed by atoms with Crippen molar-refractivity contribution in [2.75, 3.05) is 36.4 Å². The van der Waals surface area contributed by atoms with Crippen LogP contribution >= 0.6 is 39.7 Å². The first-order valence-corrected chi connectivity index (χ1v) is 12.3. The number of thiocarbonyl (C=S) groups is 1. The predicted octanol–water partition coefficient (Wildman–Crippen LogP) is 5.19. The van der Waals surface area contributed by atoms with Crippen molar-refractivity contribution in [1.29, 1.82) is 0 Å². The Bertz CT molecular complexity index is 1210. The van der Waals surface area contributed by atoms with E-state index in [9.17, 15) is 9.59 Å². The summed E-state index contributed by atoms with van der Waals surface area (Å²) in [6, 6.07) is 21.9. The highest BCUT2D eigenvalue weighted by Crippen LogP contribution is 2.27. The maximum Gasteiger partial charge on any atom is 0.258 e. The minimum Gasteiger partial charge on any atom is -0.366 e. The summed E-state index contributed by atoms with van der Waals surface area (Å²) in [6.07, 6.45) is 0. The molecule has 1 heterocycles. The van der Waals surface area contributed by atoms with Crippen LogP contribution in [0.1, 0.15) is 20.7 Å². The molecular weight excluding hydrogens is 536 g/mol. The van der Waals surface area contributed by atoms with E-state index in [1.54, 1.807) is 42.5 Å². The zero-order chi connectivity index (χ0) is 24.1. The quantitative estimate of drug-likeness (QED) is 0.432. The van der Waals surface area contributed by atoms with Crippen LogP contribution in [0, 0.1) is 0 Å². The average Bonchev–Trinajstić information content (AvgIpc) is 2.85. The van der Waals surface area contributed by atoms with E-state index in [1.165, 1.54) is 0 Å². The largest absolute Gasteiger partial charge is 0.366 e. The second-order valence-electron chi connectivity index (χ2n) is 7.69. The number of rotatable bonds is 4. The van der Waals surface area contributed by atoms with Crippen LogP contribution in [0.5, 0.6) is 0 Å². The highest BCUT2D eigenvalue weighted by atomic mass is 79.9. The fourth-order valence-electron chi connectivity index (χ4n) is 3.75. The zero-order valence-corrected chi connectivity index (χ0v) is 21.3. The molecule has 0 radical (unpaired) electrons. The third-order valence-electron chi connectivity index (χ3n) is 5.50. The van der Waals surface area contributed by atoms with Gasteiger partial charge in [0.25, 0.3) is 11.8 Å². The van der Waals surface area contributed by atoms with Gasteiger partial charge in [-0.15, -0.1) is 0 Å². The van der Waals surface area contributed by atoms with Crippen LogP contribution in [0.4, 0.5) is 11.4 Å². The van der Waals surface area contributed by atoms with Crippen molar-refractivity contribution in [2.45, 2.75) is 0 Å². The van der Waals surface area contributed by atoms with Crippen LogP contribution < -0.4 is 15.5 Å². The number of hydrogen-bond acceptors (Lipinski definition) is 4. The van der Waals surface area contributed by atoms with Crippen molar-refractivity contribution in [3.8, 4) is 0 Å². The Morgan fingerprint density at radius 1 is 0.882 bits per heavy atom. The van der Waals surface area contributed by atoms with Gasteiger partial charge in [-0.05, 0) is 76.7 Å². The number of carbonyl (C=O) groups is 2. The van der Waals surface area contributed by atoms with Gasteiger partial charge in [-0.3, -0.25) is 14.9 Å². The van der Waals surface area contributed by atoms with Crippen molar-refractivity contribution >= 4 is 68.1 Å². The molecule has 0 saturated carbocycles. The maximum absolute atomic E-state index is 12.8. The van der Waals surface area contributed by atoms with Gasteiger partial charge >= 0.3 is 0 Å². The molecule has 0 bridgehead atoms. The lowest BCUT2D eigenvalue weighted by Gasteiger charge is -2.37. The van der Waals surface area contributed by atoms with Gasteiger partial charge in [-0.1, -0.05) is 35.9 Å². The molecule has 2 amide bonds. The summed E-state index contributed by atoms with van der Waals surface area (Å²) in [5, 5.41) is 6.69. The molecule has 0 aromatic heterocycles. The fraction of sp³-hybridized carbons (Fsp3) is 0.160. The van der Waals surface area contributed by atoms with Gasteiger partial charge in [0.15, 0.2) is 5.11 Å². The number of halogens is 2. The van der Waals surface area contributed by atoms with E-state index in [4.69, 9.17) is 23.8 Å². The summed E-state index contributed by atoms with van der Waals surface area (Å²) in [6.45, 7) is 2.54. The second kappa shape index (κ2) is 11.0. The molecule has 174 valence electrons. The first-order valence-electron chi connectivity index (χ1n) is 10.7. The van der Waals surface area contributed by atoms with Crippen LogP contribution in [-0.4, -0.2) is 48.0 Å². The normalized spacial score (nSPS) is 13.4. The number of anilines is 2. The zero-order valence-electron chi connectivity index (χ0n) is 18.1. The van der Waals surface area contributed by atoms with Crippen molar-refractivity contribution in [3.05, 3.63) is 93.4 Å². The van der Waals surface area contributed by atoms with E-state index in [2.05, 4.69) is 31.5 Å². The molecule has 1 fully saturated rings. The number of nitrogens with one attached hydrogen (secondary N) is 2. The lowest BCUT2D eigenvalue weighted by Crippen LogP contribution is -2.49. The summed E-state index contributed by atoms with van der Waals surface area (Å²) >= 11 is 14.7. The summed E-state index contributed by atoms with van der Waals surface area (Å²) in [5.74, 6) is -0.296. The Kier molecular flexibility index (Phi) is 7.82. The molecule has 34 heavy (non-hydrogen) atoms. The molecule has 1 aliphatic heterocycles. The van der Waals surface area contributed by atoms with E-state index in [-0.39, 0.29) is 16.9 Å². The number of para-hydroxylation sites is 2. The van der Waals surface area contributed by atoms with Gasteiger partial charge in [0.2, 0.25) is 0 Å². The van der Waals surface area contributed by atoms with Gasteiger partial charge in [-0.2, -0.15) is 0 Å². The van der Waals surface area contributed by atoms with Gasteiger partial charge in [0.05, 0.1) is 16.9 Å². The molecule has 0 spiro atoms. The average molecular weight is 558 g/mol. The molecule has 0 unspecified atom stereocenters. The van der Waals surface area contributed by atoms with Crippen molar-refractivity contribution in [2.24, 2.45) is 0 Å². The van der Waals surface area contributed by atoms with Gasteiger partial charge < -0.3 is 15.1 Å². The van der Waals surface area contributed by atoms with Crippen LogP contribution in [-0.2, 0) is 0 Å². The molecule has 4 rings (SSSR count). The highest BCUT2D eigenvalue weighted by Gasteiger charge is 2.24. The standard InChI is InChI=1S/C25H22BrClN4O2S/c26-20-6-2-1-5-19(20)23(32)29-25(34)28-21-7-3-4-8-22(21)30-13-15-31(16-14-30)24(33)17-9-11-18(27)12-10-17/h1-12H,13-16H2,(H2,28,29,32,34). The Morgan fingerprint density at radius 2 is 1.53 bits per heavy atom. The molecule has 0 atom stereocenters. The highest BCUT2D eigenvalue weighted by molar-refractivity contribution is 9.10. The Balaban J connectivity index is 1.38. The van der Waals surface area contributed by atoms with Crippen LogP contribution in [0.15, 0.2) is 77.3 Å². The third-order valence-corrected chi connectivity index (χ3v) is 6.64. The number of carbonyl (C=O) groups excluding carboxylic acids is 2. The van der Waals surface area contributed by atoms with Crippen molar-refractivity contribution in [1.82, 2.24) is 10.2 Å². The minimum atomic E-state index is -0.295. The Labute approximate surface area is 217 Å². The van der Waals surface area contributed by atoms with Gasteiger partial charge in [0, 0.05) is 41.2 Å². The first-order chi connectivity index (χ1) is 16.4. The van der Waals surface area contributed by atoms with Crippen LogP contribution in [0.25, 0.3) is 0 Å². The van der Waals surface area contributed by atoms with E-state index < -0.39 is 0 Å². The maximum atomic E-state index is 12.8. The van der Waals surface area contributed by atoms with Gasteiger partial charge in [0.1, 0.15) is 0 Å². The molecule has 1 saturated heterocycles.